The van der Waals surface area contributed by atoms with E-state index in [1.165, 1.54) is 6.07 Å². The molecule has 1 atom stereocenters. The van der Waals surface area contributed by atoms with Crippen molar-refractivity contribution in [2.45, 2.75) is 33.0 Å². The smallest absolute Gasteiger partial charge is 0.126 e. The van der Waals surface area contributed by atoms with E-state index in [2.05, 4.69) is 0 Å². The van der Waals surface area contributed by atoms with Crippen LogP contribution in [-0.2, 0) is 0 Å². The second-order valence-corrected chi connectivity index (χ2v) is 5.15. The summed E-state index contributed by atoms with van der Waals surface area (Å²) in [6.45, 7) is 5.59. The molecule has 2 aromatic carbocycles. The molecular weight excluding hydrogens is 255 g/mol. The molecule has 0 fully saturated rings. The Labute approximate surface area is 118 Å². The fraction of sp³-hybridized carbons (Fsp3) is 0.294. The molecule has 0 aliphatic heterocycles. The Morgan fingerprint density at radius 1 is 1.05 bits per heavy atom. The SMILES string of the molecule is Cc1cc(C(O)c2cccc(OC(C)C)c2)ccc1F. The third-order valence-electron chi connectivity index (χ3n) is 3.04. The normalized spacial score (nSPS) is 12.5. The Morgan fingerprint density at radius 3 is 2.40 bits per heavy atom. The quantitative estimate of drug-likeness (QED) is 0.913. The topological polar surface area (TPSA) is 29.5 Å². The highest BCUT2D eigenvalue weighted by atomic mass is 19.1. The second kappa shape index (κ2) is 6.06. The van der Waals surface area contributed by atoms with Crippen molar-refractivity contribution >= 4 is 0 Å². The van der Waals surface area contributed by atoms with Crippen molar-refractivity contribution in [1.29, 1.82) is 0 Å². The summed E-state index contributed by atoms with van der Waals surface area (Å²) < 4.78 is 18.9. The van der Waals surface area contributed by atoms with Gasteiger partial charge in [-0.15, -0.1) is 0 Å². The van der Waals surface area contributed by atoms with Crippen LogP contribution in [-0.4, -0.2) is 11.2 Å². The zero-order chi connectivity index (χ0) is 14.7. The van der Waals surface area contributed by atoms with E-state index in [0.717, 1.165) is 11.3 Å². The first-order valence-corrected chi connectivity index (χ1v) is 6.68. The Bertz CT molecular complexity index is 593. The average Bonchev–Trinajstić information content (AvgIpc) is 2.40. The van der Waals surface area contributed by atoms with Crippen molar-refractivity contribution in [3.63, 3.8) is 0 Å². The Morgan fingerprint density at radius 2 is 1.75 bits per heavy atom. The maximum atomic E-state index is 13.3. The maximum absolute atomic E-state index is 13.3. The molecule has 0 spiro atoms. The zero-order valence-electron chi connectivity index (χ0n) is 11.9. The van der Waals surface area contributed by atoms with Gasteiger partial charge in [0.15, 0.2) is 0 Å². The molecule has 0 saturated carbocycles. The van der Waals surface area contributed by atoms with Gasteiger partial charge in [-0.1, -0.05) is 24.3 Å². The van der Waals surface area contributed by atoms with Crippen LogP contribution in [0.15, 0.2) is 42.5 Å². The summed E-state index contributed by atoms with van der Waals surface area (Å²) in [5, 5.41) is 10.4. The first-order valence-electron chi connectivity index (χ1n) is 6.68. The molecule has 3 heteroatoms. The lowest BCUT2D eigenvalue weighted by Gasteiger charge is -2.15. The van der Waals surface area contributed by atoms with Gasteiger partial charge in [-0.3, -0.25) is 0 Å². The molecule has 20 heavy (non-hydrogen) atoms. The third kappa shape index (κ3) is 3.36. The fourth-order valence-electron chi connectivity index (χ4n) is 2.06. The number of hydrogen-bond acceptors (Lipinski definition) is 2. The fourth-order valence-corrected chi connectivity index (χ4v) is 2.06. The summed E-state index contributed by atoms with van der Waals surface area (Å²) in [6, 6.07) is 12.0. The van der Waals surface area contributed by atoms with Crippen molar-refractivity contribution in [3.8, 4) is 5.75 Å². The molecule has 0 radical (unpaired) electrons. The van der Waals surface area contributed by atoms with Gasteiger partial charge in [0.05, 0.1) is 6.10 Å². The molecule has 0 bridgehead atoms. The largest absolute Gasteiger partial charge is 0.491 e. The van der Waals surface area contributed by atoms with Gasteiger partial charge in [0.25, 0.3) is 0 Å². The van der Waals surface area contributed by atoms with E-state index in [1.807, 2.05) is 38.1 Å². The van der Waals surface area contributed by atoms with Crippen LogP contribution in [0.3, 0.4) is 0 Å². The second-order valence-electron chi connectivity index (χ2n) is 5.15. The van der Waals surface area contributed by atoms with E-state index in [0.29, 0.717) is 11.1 Å². The minimum absolute atomic E-state index is 0.0791. The molecule has 0 aliphatic carbocycles. The van der Waals surface area contributed by atoms with Gasteiger partial charge in [0.1, 0.15) is 17.7 Å². The van der Waals surface area contributed by atoms with Crippen molar-refractivity contribution in [2.75, 3.05) is 0 Å². The zero-order valence-corrected chi connectivity index (χ0v) is 11.9. The minimum atomic E-state index is -0.787. The molecule has 2 nitrogen and oxygen atoms in total. The summed E-state index contributed by atoms with van der Waals surface area (Å²) in [7, 11) is 0. The van der Waals surface area contributed by atoms with E-state index < -0.39 is 6.10 Å². The number of aryl methyl sites for hydroxylation is 1. The van der Waals surface area contributed by atoms with Crippen molar-refractivity contribution in [1.82, 2.24) is 0 Å². The lowest BCUT2D eigenvalue weighted by molar-refractivity contribution is 0.216. The summed E-state index contributed by atoms with van der Waals surface area (Å²) in [4.78, 5) is 0. The van der Waals surface area contributed by atoms with Gasteiger partial charge in [-0.2, -0.15) is 0 Å². The predicted molar refractivity (Wildman–Crippen MR) is 77.4 cm³/mol. The van der Waals surface area contributed by atoms with Gasteiger partial charge < -0.3 is 9.84 Å². The Hall–Kier alpha value is -1.87. The monoisotopic (exact) mass is 274 g/mol. The Kier molecular flexibility index (Phi) is 4.40. The molecule has 1 N–H and O–H groups in total. The lowest BCUT2D eigenvalue weighted by atomic mass is 9.99. The number of hydrogen-bond donors (Lipinski definition) is 1. The number of aliphatic hydroxyl groups excluding tert-OH is 1. The van der Waals surface area contributed by atoms with E-state index in [4.69, 9.17) is 4.74 Å². The molecule has 0 aromatic heterocycles. The molecule has 0 aliphatic rings. The highest BCUT2D eigenvalue weighted by molar-refractivity contribution is 5.36. The number of ether oxygens (including phenoxy) is 1. The van der Waals surface area contributed by atoms with Crippen LogP contribution < -0.4 is 4.74 Å². The van der Waals surface area contributed by atoms with Gasteiger partial charge in [0, 0.05) is 0 Å². The first kappa shape index (κ1) is 14.5. The van der Waals surface area contributed by atoms with Crippen LogP contribution in [0.2, 0.25) is 0 Å². The summed E-state index contributed by atoms with van der Waals surface area (Å²) >= 11 is 0. The van der Waals surface area contributed by atoms with Crippen LogP contribution in [0.1, 0.15) is 36.6 Å². The molecule has 106 valence electrons. The Balaban J connectivity index is 2.28. The number of rotatable bonds is 4. The summed E-state index contributed by atoms with van der Waals surface area (Å²) in [6.07, 6.45) is -0.708. The number of aliphatic hydroxyl groups is 1. The van der Waals surface area contributed by atoms with Crippen LogP contribution in [0.4, 0.5) is 4.39 Å². The molecule has 0 heterocycles. The summed E-state index contributed by atoms with van der Waals surface area (Å²) in [5.74, 6) is 0.452. The highest BCUT2D eigenvalue weighted by Gasteiger charge is 2.12. The highest BCUT2D eigenvalue weighted by Crippen LogP contribution is 2.26. The summed E-state index contributed by atoms with van der Waals surface area (Å²) in [5.41, 5.74) is 1.93. The molecule has 0 saturated heterocycles. The van der Waals surface area contributed by atoms with Gasteiger partial charge in [-0.25, -0.2) is 4.39 Å². The van der Waals surface area contributed by atoms with Crippen LogP contribution in [0.25, 0.3) is 0 Å². The maximum Gasteiger partial charge on any atom is 0.126 e. The minimum Gasteiger partial charge on any atom is -0.491 e. The van der Waals surface area contributed by atoms with Gasteiger partial charge in [-0.05, 0) is 55.7 Å². The molecule has 2 aromatic rings. The molecule has 0 amide bonds. The lowest BCUT2D eigenvalue weighted by Crippen LogP contribution is -2.06. The number of halogens is 1. The first-order chi connectivity index (χ1) is 9.47. The molecule has 1 unspecified atom stereocenters. The average molecular weight is 274 g/mol. The van der Waals surface area contributed by atoms with E-state index in [9.17, 15) is 9.50 Å². The van der Waals surface area contributed by atoms with E-state index >= 15 is 0 Å². The molecule has 2 rings (SSSR count). The van der Waals surface area contributed by atoms with E-state index in [-0.39, 0.29) is 11.9 Å². The standard InChI is InChI=1S/C17H19FO2/c1-11(2)20-15-6-4-5-13(10-15)17(19)14-7-8-16(18)12(3)9-14/h4-11,17,19H,1-3H3. The van der Waals surface area contributed by atoms with Crippen LogP contribution in [0, 0.1) is 12.7 Å². The predicted octanol–water partition coefficient (Wildman–Crippen LogP) is 4.00. The van der Waals surface area contributed by atoms with Crippen molar-refractivity contribution < 1.29 is 14.2 Å². The van der Waals surface area contributed by atoms with E-state index in [1.54, 1.807) is 19.1 Å². The van der Waals surface area contributed by atoms with Crippen LogP contribution in [0.5, 0.6) is 5.75 Å². The van der Waals surface area contributed by atoms with Gasteiger partial charge >= 0.3 is 0 Å². The van der Waals surface area contributed by atoms with Gasteiger partial charge in [0.2, 0.25) is 0 Å². The van der Waals surface area contributed by atoms with Crippen molar-refractivity contribution in [3.05, 3.63) is 65.0 Å². The van der Waals surface area contributed by atoms with Crippen LogP contribution >= 0.6 is 0 Å². The molecular formula is C17H19FO2. The third-order valence-corrected chi connectivity index (χ3v) is 3.04. The number of benzene rings is 2. The van der Waals surface area contributed by atoms with Crippen molar-refractivity contribution in [2.24, 2.45) is 0 Å².